The molecule has 108 valence electrons. The lowest BCUT2D eigenvalue weighted by atomic mass is 10.1. The molecule has 0 saturated heterocycles. The van der Waals surface area contributed by atoms with Crippen LogP contribution in [-0.4, -0.2) is 20.4 Å². The van der Waals surface area contributed by atoms with E-state index in [2.05, 4.69) is 6.92 Å². The zero-order chi connectivity index (χ0) is 14.1. The van der Waals surface area contributed by atoms with Crippen LogP contribution in [0.15, 0.2) is 34.1 Å². The van der Waals surface area contributed by atoms with Crippen molar-refractivity contribution in [3.05, 3.63) is 24.3 Å². The lowest BCUT2D eigenvalue weighted by Crippen LogP contribution is -1.96. The number of sulfone groups is 1. The van der Waals surface area contributed by atoms with E-state index in [9.17, 15) is 8.42 Å². The number of thioether (sulfide) groups is 1. The van der Waals surface area contributed by atoms with Crippen LogP contribution in [-0.2, 0) is 9.84 Å². The monoisotopic (exact) mass is 300 g/mol. The van der Waals surface area contributed by atoms with Gasteiger partial charge in [-0.1, -0.05) is 39.0 Å². The minimum atomic E-state index is -3.07. The first kappa shape index (κ1) is 16.6. The van der Waals surface area contributed by atoms with Crippen LogP contribution in [0.3, 0.4) is 0 Å². The fraction of sp³-hybridized carbons (Fsp3) is 0.600. The lowest BCUT2D eigenvalue weighted by Gasteiger charge is -2.03. The topological polar surface area (TPSA) is 34.1 Å². The van der Waals surface area contributed by atoms with Gasteiger partial charge in [-0.15, -0.1) is 11.8 Å². The van der Waals surface area contributed by atoms with Crippen LogP contribution < -0.4 is 0 Å². The van der Waals surface area contributed by atoms with Crippen molar-refractivity contribution in [2.24, 2.45) is 0 Å². The van der Waals surface area contributed by atoms with E-state index in [0.717, 1.165) is 10.6 Å². The van der Waals surface area contributed by atoms with E-state index in [1.807, 2.05) is 23.9 Å². The minimum Gasteiger partial charge on any atom is -0.224 e. The Morgan fingerprint density at radius 3 is 2.11 bits per heavy atom. The normalized spacial score (nSPS) is 11.7. The molecule has 0 amide bonds. The molecule has 0 bridgehead atoms. The van der Waals surface area contributed by atoms with Gasteiger partial charge in [-0.05, 0) is 36.4 Å². The Morgan fingerprint density at radius 2 is 1.53 bits per heavy atom. The molecular weight excluding hydrogens is 276 g/mol. The van der Waals surface area contributed by atoms with Gasteiger partial charge in [0, 0.05) is 11.2 Å². The van der Waals surface area contributed by atoms with Crippen molar-refractivity contribution < 1.29 is 8.42 Å². The maximum atomic E-state index is 11.3. The SMILES string of the molecule is CCCCCCCCSc1ccc(S(C)(=O)=O)cc1. The predicted octanol–water partition coefficient (Wildman–Crippen LogP) is 4.54. The van der Waals surface area contributed by atoms with Crippen LogP contribution in [0, 0.1) is 0 Å². The van der Waals surface area contributed by atoms with Crippen molar-refractivity contribution in [3.63, 3.8) is 0 Å². The molecule has 2 nitrogen and oxygen atoms in total. The maximum Gasteiger partial charge on any atom is 0.175 e. The third kappa shape index (κ3) is 7.02. The second-order valence-corrected chi connectivity index (χ2v) is 8.04. The first-order chi connectivity index (χ1) is 9.04. The van der Waals surface area contributed by atoms with Crippen LogP contribution in [0.5, 0.6) is 0 Å². The standard InChI is InChI=1S/C15H24O2S2/c1-3-4-5-6-7-8-13-18-14-9-11-15(12-10-14)19(2,16)17/h9-12H,3-8,13H2,1-2H3. The highest BCUT2D eigenvalue weighted by atomic mass is 32.2. The summed E-state index contributed by atoms with van der Waals surface area (Å²) in [5.74, 6) is 1.12. The van der Waals surface area contributed by atoms with Crippen molar-refractivity contribution in [1.82, 2.24) is 0 Å². The van der Waals surface area contributed by atoms with Gasteiger partial charge in [0.2, 0.25) is 0 Å². The summed E-state index contributed by atoms with van der Waals surface area (Å²) in [6.45, 7) is 2.23. The van der Waals surface area contributed by atoms with E-state index >= 15 is 0 Å². The highest BCUT2D eigenvalue weighted by Gasteiger charge is 2.05. The zero-order valence-electron chi connectivity index (χ0n) is 11.9. The highest BCUT2D eigenvalue weighted by Crippen LogP contribution is 2.21. The summed E-state index contributed by atoms with van der Waals surface area (Å²) in [6.07, 6.45) is 9.11. The molecule has 1 rings (SSSR count). The molecule has 0 radical (unpaired) electrons. The van der Waals surface area contributed by atoms with Crippen LogP contribution in [0.25, 0.3) is 0 Å². The van der Waals surface area contributed by atoms with E-state index in [1.165, 1.54) is 44.8 Å². The quantitative estimate of drug-likeness (QED) is 0.496. The molecule has 0 aliphatic rings. The molecule has 0 N–H and O–H groups in total. The summed E-state index contributed by atoms with van der Waals surface area (Å²) in [6, 6.07) is 7.19. The molecule has 0 unspecified atom stereocenters. The molecule has 0 aliphatic heterocycles. The van der Waals surface area contributed by atoms with Crippen LogP contribution in [0.2, 0.25) is 0 Å². The second kappa shape index (κ2) is 8.64. The molecule has 1 aromatic carbocycles. The Hall–Kier alpha value is -0.480. The van der Waals surface area contributed by atoms with Crippen molar-refractivity contribution in [2.45, 2.75) is 55.2 Å². The molecule has 0 fully saturated rings. The van der Waals surface area contributed by atoms with E-state index < -0.39 is 9.84 Å². The summed E-state index contributed by atoms with van der Waals surface area (Å²) in [4.78, 5) is 1.55. The second-order valence-electron chi connectivity index (χ2n) is 4.86. The van der Waals surface area contributed by atoms with Crippen molar-refractivity contribution in [3.8, 4) is 0 Å². The molecule has 0 spiro atoms. The summed E-state index contributed by atoms with van der Waals surface area (Å²) in [5, 5.41) is 0. The van der Waals surface area contributed by atoms with Gasteiger partial charge in [-0.3, -0.25) is 0 Å². The molecule has 0 aliphatic carbocycles. The molecular formula is C15H24O2S2. The summed E-state index contributed by atoms with van der Waals surface area (Å²) in [5.41, 5.74) is 0. The van der Waals surface area contributed by atoms with Gasteiger partial charge in [0.15, 0.2) is 9.84 Å². The molecule has 0 saturated carbocycles. The van der Waals surface area contributed by atoms with Crippen molar-refractivity contribution in [1.29, 1.82) is 0 Å². The van der Waals surface area contributed by atoms with Crippen LogP contribution in [0.4, 0.5) is 0 Å². The van der Waals surface area contributed by atoms with E-state index in [4.69, 9.17) is 0 Å². The average molecular weight is 300 g/mol. The van der Waals surface area contributed by atoms with Crippen molar-refractivity contribution >= 4 is 21.6 Å². The molecule has 0 atom stereocenters. The number of hydrogen-bond donors (Lipinski definition) is 0. The van der Waals surface area contributed by atoms with Gasteiger partial charge in [0.25, 0.3) is 0 Å². The number of hydrogen-bond acceptors (Lipinski definition) is 3. The lowest BCUT2D eigenvalue weighted by molar-refractivity contribution is 0.602. The van der Waals surface area contributed by atoms with Crippen molar-refractivity contribution in [2.75, 3.05) is 12.0 Å². The fourth-order valence-electron chi connectivity index (χ4n) is 1.86. The largest absolute Gasteiger partial charge is 0.224 e. The Bertz CT molecular complexity index is 450. The fourth-order valence-corrected chi connectivity index (χ4v) is 3.40. The Morgan fingerprint density at radius 1 is 0.947 bits per heavy atom. The molecule has 0 heterocycles. The molecule has 1 aromatic rings. The maximum absolute atomic E-state index is 11.3. The number of benzene rings is 1. The van der Waals surface area contributed by atoms with E-state index in [-0.39, 0.29) is 0 Å². The van der Waals surface area contributed by atoms with Crippen LogP contribution >= 0.6 is 11.8 Å². The highest BCUT2D eigenvalue weighted by molar-refractivity contribution is 7.99. The molecule has 4 heteroatoms. The van der Waals surface area contributed by atoms with Gasteiger partial charge >= 0.3 is 0 Å². The minimum absolute atomic E-state index is 0.399. The molecule has 19 heavy (non-hydrogen) atoms. The zero-order valence-corrected chi connectivity index (χ0v) is 13.5. The summed E-state index contributed by atoms with van der Waals surface area (Å²) >= 11 is 1.81. The van der Waals surface area contributed by atoms with Gasteiger partial charge in [-0.2, -0.15) is 0 Å². The first-order valence-electron chi connectivity index (χ1n) is 6.97. The third-order valence-electron chi connectivity index (χ3n) is 3.02. The Labute approximate surface area is 121 Å². The van der Waals surface area contributed by atoms with E-state index in [1.54, 1.807) is 12.1 Å². The number of rotatable bonds is 9. The van der Waals surface area contributed by atoms with E-state index in [0.29, 0.717) is 4.90 Å². The average Bonchev–Trinajstić information content (AvgIpc) is 2.37. The predicted molar refractivity (Wildman–Crippen MR) is 83.7 cm³/mol. The third-order valence-corrected chi connectivity index (χ3v) is 5.25. The first-order valence-corrected chi connectivity index (χ1v) is 9.84. The van der Waals surface area contributed by atoms with Gasteiger partial charge in [0.1, 0.15) is 0 Å². The van der Waals surface area contributed by atoms with Gasteiger partial charge in [-0.25, -0.2) is 8.42 Å². The smallest absolute Gasteiger partial charge is 0.175 e. The summed E-state index contributed by atoms with van der Waals surface area (Å²) in [7, 11) is -3.07. The van der Waals surface area contributed by atoms with Gasteiger partial charge in [0.05, 0.1) is 4.90 Å². The summed E-state index contributed by atoms with van der Waals surface area (Å²) < 4.78 is 22.6. The number of unbranched alkanes of at least 4 members (excludes halogenated alkanes) is 5. The van der Waals surface area contributed by atoms with Crippen LogP contribution in [0.1, 0.15) is 45.4 Å². The Kier molecular flexibility index (Phi) is 7.54. The van der Waals surface area contributed by atoms with Gasteiger partial charge < -0.3 is 0 Å². The molecule has 0 aromatic heterocycles. The Balaban J connectivity index is 2.23.